The first-order chi connectivity index (χ1) is 9.33. The van der Waals surface area contributed by atoms with E-state index in [9.17, 15) is 5.11 Å². The molecule has 104 valence electrons. The van der Waals surface area contributed by atoms with Crippen LogP contribution in [0.4, 0.5) is 0 Å². The maximum atomic E-state index is 10.3. The molecule has 0 aliphatic carbocycles. The molecule has 0 unspecified atom stereocenters. The highest BCUT2D eigenvalue weighted by atomic mass is 16.6. The van der Waals surface area contributed by atoms with Gasteiger partial charge in [-0.1, -0.05) is 6.07 Å². The van der Waals surface area contributed by atoms with Crippen molar-refractivity contribution in [3.05, 3.63) is 23.8 Å². The van der Waals surface area contributed by atoms with Crippen LogP contribution in [-0.2, 0) is 4.74 Å². The van der Waals surface area contributed by atoms with E-state index >= 15 is 0 Å². The van der Waals surface area contributed by atoms with Crippen LogP contribution < -0.4 is 9.47 Å². The third kappa shape index (κ3) is 3.00. The second-order valence-electron chi connectivity index (χ2n) is 4.83. The van der Waals surface area contributed by atoms with Gasteiger partial charge < -0.3 is 19.3 Å². The summed E-state index contributed by atoms with van der Waals surface area (Å²) in [6.45, 7) is 5.02. The molecule has 1 saturated heterocycles. The highest BCUT2D eigenvalue weighted by Crippen LogP contribution is 2.32. The van der Waals surface area contributed by atoms with Crippen molar-refractivity contribution in [1.29, 1.82) is 0 Å². The zero-order valence-electron chi connectivity index (χ0n) is 10.9. The minimum Gasteiger partial charge on any atom is -0.486 e. The zero-order valence-corrected chi connectivity index (χ0v) is 10.9. The van der Waals surface area contributed by atoms with Crippen molar-refractivity contribution in [3.63, 3.8) is 0 Å². The molecule has 0 amide bonds. The molecule has 0 bridgehead atoms. The second-order valence-corrected chi connectivity index (χ2v) is 4.83. The monoisotopic (exact) mass is 265 g/mol. The van der Waals surface area contributed by atoms with Crippen molar-refractivity contribution >= 4 is 0 Å². The highest BCUT2D eigenvalue weighted by molar-refractivity contribution is 5.44. The quantitative estimate of drug-likeness (QED) is 0.877. The topological polar surface area (TPSA) is 51.2 Å². The minimum atomic E-state index is -0.506. The Labute approximate surface area is 112 Å². The number of fused-ring (bicyclic) bond motifs is 1. The molecular formula is C14H19NO4. The van der Waals surface area contributed by atoms with Crippen LogP contribution in [0, 0.1) is 0 Å². The summed E-state index contributed by atoms with van der Waals surface area (Å²) in [6.07, 6.45) is -0.506. The molecule has 0 saturated carbocycles. The Morgan fingerprint density at radius 1 is 1.05 bits per heavy atom. The SMILES string of the molecule is O[C@@H](CN1CCOCC1)c1ccc2c(c1)OCCO2. The number of β-amino-alcohol motifs (C(OH)–C–C–N with tert-alkyl or cyclic N) is 1. The average molecular weight is 265 g/mol. The first-order valence-electron chi connectivity index (χ1n) is 6.70. The Morgan fingerprint density at radius 2 is 1.79 bits per heavy atom. The standard InChI is InChI=1S/C14H19NO4/c16-12(10-15-3-5-17-6-4-15)11-1-2-13-14(9-11)19-8-7-18-13/h1-2,9,12,16H,3-8,10H2/t12-/m0/s1. The highest BCUT2D eigenvalue weighted by Gasteiger charge is 2.19. The first kappa shape index (κ1) is 12.7. The summed E-state index contributed by atoms with van der Waals surface area (Å²) in [6, 6.07) is 5.64. The number of hydrogen-bond acceptors (Lipinski definition) is 5. The number of aliphatic hydroxyl groups is 1. The molecule has 2 heterocycles. The minimum absolute atomic E-state index is 0.506. The number of aliphatic hydroxyl groups excluding tert-OH is 1. The fourth-order valence-corrected chi connectivity index (χ4v) is 2.40. The van der Waals surface area contributed by atoms with Crippen LogP contribution in [0.25, 0.3) is 0 Å². The van der Waals surface area contributed by atoms with Crippen LogP contribution in [0.5, 0.6) is 11.5 Å². The van der Waals surface area contributed by atoms with Gasteiger partial charge in [0, 0.05) is 19.6 Å². The molecular weight excluding hydrogens is 246 g/mol. The number of morpholine rings is 1. The van der Waals surface area contributed by atoms with Gasteiger partial charge in [-0.25, -0.2) is 0 Å². The van der Waals surface area contributed by atoms with E-state index in [2.05, 4.69) is 4.90 Å². The van der Waals surface area contributed by atoms with Crippen LogP contribution in [0.2, 0.25) is 0 Å². The van der Waals surface area contributed by atoms with Gasteiger partial charge in [-0.2, -0.15) is 0 Å². The summed E-state index contributed by atoms with van der Waals surface area (Å²) in [5, 5.41) is 10.3. The van der Waals surface area contributed by atoms with Gasteiger partial charge in [0.2, 0.25) is 0 Å². The predicted octanol–water partition coefficient (Wildman–Crippen LogP) is 0.823. The molecule has 1 aromatic rings. The van der Waals surface area contributed by atoms with Crippen LogP contribution in [0.15, 0.2) is 18.2 Å². The summed E-state index contributed by atoms with van der Waals surface area (Å²) in [7, 11) is 0. The number of benzene rings is 1. The summed E-state index contributed by atoms with van der Waals surface area (Å²) in [5.41, 5.74) is 0.871. The van der Waals surface area contributed by atoms with E-state index in [0.29, 0.717) is 19.8 Å². The Kier molecular flexibility index (Phi) is 3.87. The third-order valence-corrected chi connectivity index (χ3v) is 3.49. The van der Waals surface area contributed by atoms with Crippen molar-refractivity contribution in [2.75, 3.05) is 46.1 Å². The molecule has 0 aromatic heterocycles. The molecule has 1 aromatic carbocycles. The van der Waals surface area contributed by atoms with Crippen LogP contribution in [0.3, 0.4) is 0 Å². The lowest BCUT2D eigenvalue weighted by Crippen LogP contribution is -2.38. The Bertz CT molecular complexity index is 431. The Balaban J connectivity index is 1.67. The fourth-order valence-electron chi connectivity index (χ4n) is 2.40. The zero-order chi connectivity index (χ0) is 13.1. The van der Waals surface area contributed by atoms with Crippen molar-refractivity contribution in [1.82, 2.24) is 4.90 Å². The summed E-state index contributed by atoms with van der Waals surface area (Å²) >= 11 is 0. The maximum absolute atomic E-state index is 10.3. The normalized spacial score (nSPS) is 21.1. The lowest BCUT2D eigenvalue weighted by molar-refractivity contribution is 0.0142. The van der Waals surface area contributed by atoms with Gasteiger partial charge in [0.1, 0.15) is 13.2 Å². The molecule has 0 radical (unpaired) electrons. The van der Waals surface area contributed by atoms with Gasteiger partial charge in [0.25, 0.3) is 0 Å². The molecule has 2 aliphatic rings. The molecule has 2 aliphatic heterocycles. The summed E-state index contributed by atoms with van der Waals surface area (Å²) < 4.78 is 16.3. The number of nitrogens with zero attached hydrogens (tertiary/aromatic N) is 1. The molecule has 1 fully saturated rings. The average Bonchev–Trinajstić information content (AvgIpc) is 2.48. The predicted molar refractivity (Wildman–Crippen MR) is 69.7 cm³/mol. The number of ether oxygens (including phenoxy) is 3. The Hall–Kier alpha value is -1.30. The van der Waals surface area contributed by atoms with Gasteiger partial charge in [0.15, 0.2) is 11.5 Å². The van der Waals surface area contributed by atoms with E-state index in [1.165, 1.54) is 0 Å². The van der Waals surface area contributed by atoms with Gasteiger partial charge in [-0.15, -0.1) is 0 Å². The summed E-state index contributed by atoms with van der Waals surface area (Å²) in [4.78, 5) is 2.21. The van der Waals surface area contributed by atoms with Crippen LogP contribution in [0.1, 0.15) is 11.7 Å². The van der Waals surface area contributed by atoms with Gasteiger partial charge >= 0.3 is 0 Å². The molecule has 1 atom stereocenters. The van der Waals surface area contributed by atoms with E-state index in [0.717, 1.165) is 43.4 Å². The first-order valence-corrected chi connectivity index (χ1v) is 6.70. The van der Waals surface area contributed by atoms with E-state index in [4.69, 9.17) is 14.2 Å². The Morgan fingerprint density at radius 3 is 2.58 bits per heavy atom. The lowest BCUT2D eigenvalue weighted by Gasteiger charge is -2.29. The van der Waals surface area contributed by atoms with Crippen molar-refractivity contribution in [2.45, 2.75) is 6.10 Å². The van der Waals surface area contributed by atoms with E-state index in [1.54, 1.807) is 0 Å². The fraction of sp³-hybridized carbons (Fsp3) is 0.571. The molecule has 5 nitrogen and oxygen atoms in total. The van der Waals surface area contributed by atoms with Crippen molar-refractivity contribution in [3.8, 4) is 11.5 Å². The van der Waals surface area contributed by atoms with Gasteiger partial charge in [-0.05, 0) is 17.7 Å². The molecule has 5 heteroatoms. The third-order valence-electron chi connectivity index (χ3n) is 3.49. The van der Waals surface area contributed by atoms with Gasteiger partial charge in [0.05, 0.1) is 19.3 Å². The number of hydrogen-bond donors (Lipinski definition) is 1. The summed E-state index contributed by atoms with van der Waals surface area (Å²) in [5.74, 6) is 1.48. The van der Waals surface area contributed by atoms with Crippen molar-refractivity contribution in [2.24, 2.45) is 0 Å². The van der Waals surface area contributed by atoms with E-state index in [-0.39, 0.29) is 0 Å². The lowest BCUT2D eigenvalue weighted by atomic mass is 10.1. The maximum Gasteiger partial charge on any atom is 0.161 e. The molecule has 3 rings (SSSR count). The van der Waals surface area contributed by atoms with E-state index < -0.39 is 6.10 Å². The van der Waals surface area contributed by atoms with E-state index in [1.807, 2.05) is 18.2 Å². The molecule has 0 spiro atoms. The molecule has 19 heavy (non-hydrogen) atoms. The van der Waals surface area contributed by atoms with Crippen molar-refractivity contribution < 1.29 is 19.3 Å². The number of rotatable bonds is 3. The van der Waals surface area contributed by atoms with Crippen LogP contribution in [-0.4, -0.2) is 56.1 Å². The smallest absolute Gasteiger partial charge is 0.161 e. The van der Waals surface area contributed by atoms with Crippen LogP contribution >= 0.6 is 0 Å². The largest absolute Gasteiger partial charge is 0.486 e. The second kappa shape index (κ2) is 5.77. The van der Waals surface area contributed by atoms with Gasteiger partial charge in [-0.3, -0.25) is 4.90 Å². The molecule has 1 N–H and O–H groups in total.